The summed E-state index contributed by atoms with van der Waals surface area (Å²) < 4.78 is 0. The molecule has 66 valence electrons. The summed E-state index contributed by atoms with van der Waals surface area (Å²) >= 11 is 0. The molecule has 0 N–H and O–H groups in total. The molecule has 0 heterocycles. The Labute approximate surface area is 79.3 Å². The summed E-state index contributed by atoms with van der Waals surface area (Å²) in [6.07, 6.45) is 0.906. The number of benzene rings is 1. The van der Waals surface area contributed by atoms with Crippen molar-refractivity contribution < 1.29 is 0 Å². The molecule has 0 spiro atoms. The Morgan fingerprint density at radius 2 is 1.92 bits per heavy atom. The van der Waals surface area contributed by atoms with Gasteiger partial charge in [-0.15, -0.1) is 0 Å². The van der Waals surface area contributed by atoms with E-state index in [1.807, 2.05) is 37.3 Å². The van der Waals surface area contributed by atoms with E-state index in [0.29, 0.717) is 0 Å². The third-order valence-corrected chi connectivity index (χ3v) is 2.10. The molecule has 0 atom stereocenters. The van der Waals surface area contributed by atoms with Gasteiger partial charge in [0, 0.05) is 5.57 Å². The summed E-state index contributed by atoms with van der Waals surface area (Å²) in [7, 11) is 0. The molecule has 13 heavy (non-hydrogen) atoms. The Bertz CT molecular complexity index is 341. The number of allylic oxidation sites excluding steroid dienone is 2. The molecule has 1 aromatic rings. The van der Waals surface area contributed by atoms with Gasteiger partial charge in [-0.05, 0) is 24.5 Å². The van der Waals surface area contributed by atoms with Crippen LogP contribution >= 0.6 is 0 Å². The Balaban J connectivity index is 3.14. The van der Waals surface area contributed by atoms with Crippen LogP contribution in [0.2, 0.25) is 0 Å². The molecule has 0 aliphatic rings. The first-order valence-corrected chi connectivity index (χ1v) is 4.44. The first-order chi connectivity index (χ1) is 6.29. The van der Waals surface area contributed by atoms with Crippen molar-refractivity contribution in [3.05, 3.63) is 41.5 Å². The monoisotopic (exact) mass is 171 g/mol. The molecule has 0 saturated carbocycles. The van der Waals surface area contributed by atoms with Crippen molar-refractivity contribution in [3.63, 3.8) is 0 Å². The van der Waals surface area contributed by atoms with Crippen molar-refractivity contribution in [2.24, 2.45) is 0 Å². The van der Waals surface area contributed by atoms with Gasteiger partial charge in [0.1, 0.15) is 0 Å². The summed E-state index contributed by atoms with van der Waals surface area (Å²) in [5, 5.41) is 8.79. The van der Waals surface area contributed by atoms with Crippen molar-refractivity contribution in [3.8, 4) is 6.07 Å². The summed E-state index contributed by atoms with van der Waals surface area (Å²) in [5.74, 6) is 0. The molecule has 0 aromatic heterocycles. The van der Waals surface area contributed by atoms with Crippen molar-refractivity contribution in [2.45, 2.75) is 20.3 Å². The minimum absolute atomic E-state index is 0.814. The second kappa shape index (κ2) is 4.47. The highest BCUT2D eigenvalue weighted by Crippen LogP contribution is 2.20. The highest BCUT2D eigenvalue weighted by atomic mass is 14.2. The van der Waals surface area contributed by atoms with E-state index in [1.54, 1.807) is 0 Å². The molecule has 0 amide bonds. The van der Waals surface area contributed by atoms with Crippen LogP contribution < -0.4 is 0 Å². The van der Waals surface area contributed by atoms with E-state index in [1.165, 1.54) is 0 Å². The second-order valence-corrected chi connectivity index (χ2v) is 2.93. The molecule has 0 bridgehead atoms. The highest BCUT2D eigenvalue weighted by Gasteiger charge is 2.01. The average molecular weight is 171 g/mol. The topological polar surface area (TPSA) is 23.8 Å². The normalized spacial score (nSPS) is 11.8. The Morgan fingerprint density at radius 3 is 2.38 bits per heavy atom. The number of rotatable bonds is 2. The third kappa shape index (κ3) is 2.19. The van der Waals surface area contributed by atoms with Gasteiger partial charge in [0.15, 0.2) is 0 Å². The zero-order valence-electron chi connectivity index (χ0n) is 8.04. The van der Waals surface area contributed by atoms with Crippen molar-refractivity contribution in [1.82, 2.24) is 0 Å². The van der Waals surface area contributed by atoms with Crippen LogP contribution in [-0.2, 0) is 0 Å². The van der Waals surface area contributed by atoms with E-state index in [4.69, 9.17) is 5.26 Å². The molecule has 0 unspecified atom stereocenters. The Morgan fingerprint density at radius 1 is 1.31 bits per heavy atom. The van der Waals surface area contributed by atoms with Crippen LogP contribution in [0.3, 0.4) is 0 Å². The standard InChI is InChI=1S/C12H13N/c1-3-12(10(2)9-13)11-7-5-4-6-8-11/h4-8H,3H2,1-2H3. The number of hydrogen-bond acceptors (Lipinski definition) is 1. The maximum Gasteiger partial charge on any atom is 0.0947 e. The lowest BCUT2D eigenvalue weighted by Gasteiger charge is -2.04. The molecule has 0 radical (unpaired) electrons. The molecular weight excluding hydrogens is 158 g/mol. The van der Waals surface area contributed by atoms with E-state index in [9.17, 15) is 0 Å². The van der Waals surface area contributed by atoms with Crippen LogP contribution in [-0.4, -0.2) is 0 Å². The van der Waals surface area contributed by atoms with E-state index in [0.717, 1.165) is 23.1 Å². The summed E-state index contributed by atoms with van der Waals surface area (Å²) in [4.78, 5) is 0. The Hall–Kier alpha value is -1.55. The predicted molar refractivity (Wildman–Crippen MR) is 54.9 cm³/mol. The number of hydrogen-bond donors (Lipinski definition) is 0. The molecule has 1 heteroatoms. The minimum Gasteiger partial charge on any atom is -0.193 e. The second-order valence-electron chi connectivity index (χ2n) is 2.93. The lowest BCUT2D eigenvalue weighted by Crippen LogP contribution is -1.85. The van der Waals surface area contributed by atoms with E-state index >= 15 is 0 Å². The van der Waals surface area contributed by atoms with Gasteiger partial charge in [-0.3, -0.25) is 0 Å². The van der Waals surface area contributed by atoms with Gasteiger partial charge < -0.3 is 0 Å². The highest BCUT2D eigenvalue weighted by molar-refractivity contribution is 5.70. The first kappa shape index (κ1) is 9.54. The molecule has 0 fully saturated rings. The van der Waals surface area contributed by atoms with E-state index < -0.39 is 0 Å². The van der Waals surface area contributed by atoms with Crippen molar-refractivity contribution in [2.75, 3.05) is 0 Å². The van der Waals surface area contributed by atoms with Gasteiger partial charge in [-0.2, -0.15) is 5.26 Å². The van der Waals surface area contributed by atoms with Gasteiger partial charge in [0.05, 0.1) is 6.07 Å². The van der Waals surface area contributed by atoms with Crippen LogP contribution in [0.1, 0.15) is 25.8 Å². The van der Waals surface area contributed by atoms with Crippen molar-refractivity contribution in [1.29, 1.82) is 5.26 Å². The van der Waals surface area contributed by atoms with Crippen LogP contribution in [0.15, 0.2) is 35.9 Å². The number of nitriles is 1. The third-order valence-electron chi connectivity index (χ3n) is 2.10. The summed E-state index contributed by atoms with van der Waals surface area (Å²) in [6.45, 7) is 3.94. The molecule has 1 nitrogen and oxygen atoms in total. The minimum atomic E-state index is 0.814. The fraction of sp³-hybridized carbons (Fsp3) is 0.250. The smallest absolute Gasteiger partial charge is 0.0947 e. The average Bonchev–Trinajstić information content (AvgIpc) is 2.20. The van der Waals surface area contributed by atoms with E-state index in [-0.39, 0.29) is 0 Å². The molecular formula is C12H13N. The van der Waals surface area contributed by atoms with Crippen LogP contribution in [0, 0.1) is 11.3 Å². The van der Waals surface area contributed by atoms with Gasteiger partial charge in [-0.1, -0.05) is 37.3 Å². The number of nitrogens with zero attached hydrogens (tertiary/aromatic N) is 1. The first-order valence-electron chi connectivity index (χ1n) is 4.44. The maximum absolute atomic E-state index is 8.79. The van der Waals surface area contributed by atoms with Crippen LogP contribution in [0.5, 0.6) is 0 Å². The maximum atomic E-state index is 8.79. The lowest BCUT2D eigenvalue weighted by atomic mass is 9.99. The van der Waals surface area contributed by atoms with Crippen molar-refractivity contribution >= 4 is 5.57 Å². The molecule has 1 rings (SSSR count). The largest absolute Gasteiger partial charge is 0.193 e. The predicted octanol–water partition coefficient (Wildman–Crippen LogP) is 3.39. The SMILES string of the molecule is CCC(=C(C)C#N)c1ccccc1. The van der Waals surface area contributed by atoms with E-state index in [2.05, 4.69) is 13.0 Å². The molecule has 0 saturated heterocycles. The summed E-state index contributed by atoms with van der Waals surface area (Å²) in [6, 6.07) is 12.3. The molecule has 0 aliphatic heterocycles. The van der Waals surface area contributed by atoms with Gasteiger partial charge in [0.25, 0.3) is 0 Å². The molecule has 1 aromatic carbocycles. The zero-order valence-corrected chi connectivity index (χ0v) is 8.04. The van der Waals surface area contributed by atoms with Crippen LogP contribution in [0.25, 0.3) is 5.57 Å². The van der Waals surface area contributed by atoms with Crippen LogP contribution in [0.4, 0.5) is 0 Å². The van der Waals surface area contributed by atoms with Gasteiger partial charge in [-0.25, -0.2) is 0 Å². The summed E-state index contributed by atoms with van der Waals surface area (Å²) in [5.41, 5.74) is 3.11. The van der Waals surface area contributed by atoms with Gasteiger partial charge >= 0.3 is 0 Å². The fourth-order valence-corrected chi connectivity index (χ4v) is 1.39. The quantitative estimate of drug-likeness (QED) is 0.626. The lowest BCUT2D eigenvalue weighted by molar-refractivity contribution is 1.21. The van der Waals surface area contributed by atoms with Gasteiger partial charge in [0.2, 0.25) is 0 Å². The zero-order chi connectivity index (χ0) is 9.68. The molecule has 0 aliphatic carbocycles. The Kier molecular flexibility index (Phi) is 3.28. The fourth-order valence-electron chi connectivity index (χ4n) is 1.39.